The zero-order chi connectivity index (χ0) is 13.9. The van der Waals surface area contributed by atoms with Crippen LogP contribution in [0.25, 0.3) is 10.9 Å². The number of rotatable bonds is 3. The number of anilines is 1. The van der Waals surface area contributed by atoms with Crippen LogP contribution in [-0.4, -0.2) is 9.97 Å². The van der Waals surface area contributed by atoms with Crippen molar-refractivity contribution in [3.05, 3.63) is 64.6 Å². The van der Waals surface area contributed by atoms with Crippen LogP contribution in [0.4, 0.5) is 10.2 Å². The highest BCUT2D eigenvalue weighted by atomic mass is 79.9. The summed E-state index contributed by atoms with van der Waals surface area (Å²) in [5.74, 6) is 0.461. The van der Waals surface area contributed by atoms with Crippen molar-refractivity contribution in [3.63, 3.8) is 0 Å². The van der Waals surface area contributed by atoms with Crippen LogP contribution in [0.1, 0.15) is 5.56 Å². The molecular weight excluding hydrogens is 321 g/mol. The maximum absolute atomic E-state index is 13.8. The van der Waals surface area contributed by atoms with Gasteiger partial charge in [0.25, 0.3) is 0 Å². The molecule has 0 saturated heterocycles. The third kappa shape index (κ3) is 2.63. The molecule has 3 aromatic rings. The van der Waals surface area contributed by atoms with Crippen LogP contribution < -0.4 is 5.32 Å². The molecule has 0 bridgehead atoms. The second-order valence-electron chi connectivity index (χ2n) is 4.33. The molecule has 0 aliphatic carbocycles. The van der Waals surface area contributed by atoms with Crippen molar-refractivity contribution >= 4 is 32.7 Å². The number of aromatic nitrogens is 2. The van der Waals surface area contributed by atoms with Gasteiger partial charge in [-0.25, -0.2) is 14.4 Å². The van der Waals surface area contributed by atoms with E-state index in [9.17, 15) is 4.39 Å². The van der Waals surface area contributed by atoms with E-state index in [0.717, 1.165) is 15.4 Å². The molecule has 0 spiro atoms. The van der Waals surface area contributed by atoms with E-state index in [1.807, 2.05) is 30.3 Å². The van der Waals surface area contributed by atoms with Gasteiger partial charge in [-0.2, -0.15) is 0 Å². The molecule has 0 amide bonds. The van der Waals surface area contributed by atoms with Gasteiger partial charge < -0.3 is 5.32 Å². The normalized spacial score (nSPS) is 10.7. The van der Waals surface area contributed by atoms with E-state index in [4.69, 9.17) is 0 Å². The average Bonchev–Trinajstić information content (AvgIpc) is 2.46. The number of hydrogen-bond acceptors (Lipinski definition) is 3. The molecule has 1 aromatic heterocycles. The summed E-state index contributed by atoms with van der Waals surface area (Å²) in [6.45, 7) is 0.375. The second-order valence-corrected chi connectivity index (χ2v) is 5.24. The topological polar surface area (TPSA) is 37.8 Å². The van der Waals surface area contributed by atoms with Crippen molar-refractivity contribution in [3.8, 4) is 0 Å². The molecule has 0 saturated carbocycles. The molecule has 1 heterocycles. The van der Waals surface area contributed by atoms with Crippen LogP contribution in [0.2, 0.25) is 0 Å². The van der Waals surface area contributed by atoms with Gasteiger partial charge in [0.05, 0.1) is 5.52 Å². The fourth-order valence-electron chi connectivity index (χ4n) is 1.99. The highest BCUT2D eigenvalue weighted by Gasteiger charge is 2.05. The first-order valence-corrected chi connectivity index (χ1v) is 6.91. The Morgan fingerprint density at radius 2 is 1.95 bits per heavy atom. The van der Waals surface area contributed by atoms with Gasteiger partial charge in [-0.3, -0.25) is 0 Å². The van der Waals surface area contributed by atoms with Gasteiger partial charge in [-0.05, 0) is 24.3 Å². The SMILES string of the molecule is Fc1cc(Br)ccc1CNc1ncnc2ccccc12. The third-order valence-electron chi connectivity index (χ3n) is 3.00. The Bertz CT molecular complexity index is 756. The molecule has 0 unspecified atom stereocenters. The van der Waals surface area contributed by atoms with Crippen LogP contribution in [0.15, 0.2) is 53.3 Å². The molecule has 0 atom stereocenters. The van der Waals surface area contributed by atoms with Crippen LogP contribution in [-0.2, 0) is 6.54 Å². The van der Waals surface area contributed by atoms with Crippen LogP contribution in [0.3, 0.4) is 0 Å². The molecule has 0 fully saturated rings. The van der Waals surface area contributed by atoms with E-state index in [0.29, 0.717) is 17.9 Å². The minimum atomic E-state index is -0.245. The van der Waals surface area contributed by atoms with Crippen molar-refractivity contribution in [1.29, 1.82) is 0 Å². The Kier molecular flexibility index (Phi) is 3.60. The number of benzene rings is 2. The highest BCUT2D eigenvalue weighted by Crippen LogP contribution is 2.20. The van der Waals surface area contributed by atoms with Gasteiger partial charge in [-0.15, -0.1) is 0 Å². The third-order valence-corrected chi connectivity index (χ3v) is 3.50. The maximum atomic E-state index is 13.8. The molecule has 0 aliphatic heterocycles. The summed E-state index contributed by atoms with van der Waals surface area (Å²) in [6, 6.07) is 12.7. The molecule has 100 valence electrons. The number of hydrogen-bond donors (Lipinski definition) is 1. The van der Waals surface area contributed by atoms with Gasteiger partial charge in [0.1, 0.15) is 18.0 Å². The van der Waals surface area contributed by atoms with Crippen molar-refractivity contribution in [1.82, 2.24) is 9.97 Å². The first-order chi connectivity index (χ1) is 9.74. The first-order valence-electron chi connectivity index (χ1n) is 6.11. The zero-order valence-electron chi connectivity index (χ0n) is 10.5. The summed E-state index contributed by atoms with van der Waals surface area (Å²) in [6.07, 6.45) is 1.50. The van der Waals surface area contributed by atoms with Gasteiger partial charge in [0, 0.05) is 22.0 Å². The van der Waals surface area contributed by atoms with Crippen LogP contribution in [0.5, 0.6) is 0 Å². The summed E-state index contributed by atoms with van der Waals surface area (Å²) in [7, 11) is 0. The fourth-order valence-corrected chi connectivity index (χ4v) is 2.32. The summed E-state index contributed by atoms with van der Waals surface area (Å²) in [5, 5.41) is 4.08. The smallest absolute Gasteiger partial charge is 0.137 e. The molecule has 0 radical (unpaired) electrons. The summed E-state index contributed by atoms with van der Waals surface area (Å²) >= 11 is 3.24. The molecule has 0 aliphatic rings. The van der Waals surface area contributed by atoms with Crippen molar-refractivity contribution in [2.24, 2.45) is 0 Å². The summed E-state index contributed by atoms with van der Waals surface area (Å²) in [4.78, 5) is 8.41. The minimum absolute atomic E-state index is 0.245. The molecule has 1 N–H and O–H groups in total. The Morgan fingerprint density at radius 1 is 1.10 bits per heavy atom. The zero-order valence-corrected chi connectivity index (χ0v) is 12.1. The predicted molar refractivity (Wildman–Crippen MR) is 81.0 cm³/mol. The highest BCUT2D eigenvalue weighted by molar-refractivity contribution is 9.10. The Hall–Kier alpha value is -2.01. The number of para-hydroxylation sites is 1. The van der Waals surface area contributed by atoms with Gasteiger partial charge in [-0.1, -0.05) is 34.1 Å². The Labute approximate surface area is 124 Å². The van der Waals surface area contributed by atoms with E-state index in [-0.39, 0.29) is 5.82 Å². The standard InChI is InChI=1S/C15H11BrFN3/c16-11-6-5-10(13(17)7-11)8-18-15-12-3-1-2-4-14(12)19-9-20-15/h1-7,9H,8H2,(H,18,19,20). The van der Waals surface area contributed by atoms with Crippen molar-refractivity contribution in [2.45, 2.75) is 6.54 Å². The van der Waals surface area contributed by atoms with Crippen molar-refractivity contribution in [2.75, 3.05) is 5.32 Å². The largest absolute Gasteiger partial charge is 0.365 e. The second kappa shape index (κ2) is 5.54. The minimum Gasteiger partial charge on any atom is -0.365 e. The molecule has 3 nitrogen and oxygen atoms in total. The molecule has 5 heteroatoms. The number of halogens is 2. The lowest BCUT2D eigenvalue weighted by atomic mass is 10.2. The van der Waals surface area contributed by atoms with Gasteiger partial charge in [0.15, 0.2) is 0 Å². The summed E-state index contributed by atoms with van der Waals surface area (Å²) in [5.41, 5.74) is 1.46. The average molecular weight is 332 g/mol. The lowest BCUT2D eigenvalue weighted by Gasteiger charge is -2.09. The van der Waals surface area contributed by atoms with Gasteiger partial charge >= 0.3 is 0 Å². The number of nitrogens with one attached hydrogen (secondary N) is 1. The molecule has 2 aromatic carbocycles. The molecule has 20 heavy (non-hydrogen) atoms. The van der Waals surface area contributed by atoms with Gasteiger partial charge in [0.2, 0.25) is 0 Å². The van der Waals surface area contributed by atoms with E-state index in [1.54, 1.807) is 6.07 Å². The lowest BCUT2D eigenvalue weighted by molar-refractivity contribution is 0.612. The summed E-state index contributed by atoms with van der Waals surface area (Å²) < 4.78 is 14.5. The van der Waals surface area contributed by atoms with E-state index in [2.05, 4.69) is 31.2 Å². The maximum Gasteiger partial charge on any atom is 0.137 e. The van der Waals surface area contributed by atoms with Crippen LogP contribution in [0, 0.1) is 5.82 Å². The molecular formula is C15H11BrFN3. The molecule has 3 rings (SSSR count). The van der Waals surface area contributed by atoms with Crippen LogP contribution >= 0.6 is 15.9 Å². The van der Waals surface area contributed by atoms with E-state index < -0.39 is 0 Å². The fraction of sp³-hybridized carbons (Fsp3) is 0.0667. The monoisotopic (exact) mass is 331 g/mol. The Morgan fingerprint density at radius 3 is 2.80 bits per heavy atom. The Balaban J connectivity index is 1.87. The van der Waals surface area contributed by atoms with Crippen molar-refractivity contribution < 1.29 is 4.39 Å². The quantitative estimate of drug-likeness (QED) is 0.783. The number of nitrogens with zero attached hydrogens (tertiary/aromatic N) is 2. The van der Waals surface area contributed by atoms with E-state index >= 15 is 0 Å². The lowest BCUT2D eigenvalue weighted by Crippen LogP contribution is -2.04. The number of fused-ring (bicyclic) bond motifs is 1. The first kappa shape index (κ1) is 13.0. The van der Waals surface area contributed by atoms with E-state index in [1.165, 1.54) is 12.4 Å². The predicted octanol–water partition coefficient (Wildman–Crippen LogP) is 4.14.